The molecule has 2 aromatic rings. The molecule has 0 bridgehead atoms. The van der Waals surface area contributed by atoms with Gasteiger partial charge in [0.1, 0.15) is 12.6 Å². The monoisotopic (exact) mass is 494 g/mol. The topological polar surface area (TPSA) is 84.5 Å². The highest BCUT2D eigenvalue weighted by Crippen LogP contribution is 2.06. The molecule has 148 valence electrons. The zero-order chi connectivity index (χ0) is 20.4. The van der Waals surface area contributed by atoms with Crippen LogP contribution in [0.15, 0.2) is 60.7 Å². The van der Waals surface area contributed by atoms with Crippen LogP contribution in [0.2, 0.25) is 0 Å². The highest BCUT2D eigenvalue weighted by Gasteiger charge is 2.25. The summed E-state index contributed by atoms with van der Waals surface area (Å²) in [7, 11) is 0. The van der Waals surface area contributed by atoms with Gasteiger partial charge in [0, 0.05) is 6.42 Å². The number of alkyl halides is 1. The normalized spacial score (nSPS) is 12.5. The van der Waals surface area contributed by atoms with Crippen LogP contribution in [0, 0.1) is 0 Å². The van der Waals surface area contributed by atoms with E-state index < -0.39 is 24.1 Å². The molecule has 2 rings (SSSR count). The minimum atomic E-state index is -0.852. The molecule has 2 amide bonds. The summed E-state index contributed by atoms with van der Waals surface area (Å²) in [4.78, 5) is 36.6. The fraction of sp³-hybridized carbons (Fsp3) is 0.286. The lowest BCUT2D eigenvalue weighted by Crippen LogP contribution is -2.52. The number of hydrogen-bond acceptors (Lipinski definition) is 4. The van der Waals surface area contributed by atoms with Crippen LogP contribution in [-0.4, -0.2) is 34.3 Å². The average Bonchev–Trinajstić information content (AvgIpc) is 2.72. The molecule has 0 unspecified atom stereocenters. The van der Waals surface area contributed by atoms with Crippen molar-refractivity contribution in [3.63, 3.8) is 0 Å². The number of rotatable bonds is 9. The van der Waals surface area contributed by atoms with Gasteiger partial charge in [0.25, 0.3) is 0 Å². The van der Waals surface area contributed by atoms with Gasteiger partial charge in [-0.1, -0.05) is 83.3 Å². The number of Topliss-reactive ketones (excluding diaryl/α,β-unsaturated/α-hetero) is 1. The minimum absolute atomic E-state index is 0.0842. The lowest BCUT2D eigenvalue weighted by Gasteiger charge is -2.20. The Labute approximate surface area is 178 Å². The van der Waals surface area contributed by atoms with Gasteiger partial charge in [-0.3, -0.25) is 9.59 Å². The Morgan fingerprint density at radius 3 is 2.07 bits per heavy atom. The number of ketones is 1. The zero-order valence-electron chi connectivity index (χ0n) is 15.6. The van der Waals surface area contributed by atoms with Crippen molar-refractivity contribution in [3.8, 4) is 0 Å². The summed E-state index contributed by atoms with van der Waals surface area (Å²) in [5.74, 6) is -0.509. The summed E-state index contributed by atoms with van der Waals surface area (Å²) in [6, 6.07) is 17.1. The van der Waals surface area contributed by atoms with E-state index in [0.717, 1.165) is 11.1 Å². The summed E-state index contributed by atoms with van der Waals surface area (Å²) in [5.41, 5.74) is 1.74. The largest absolute Gasteiger partial charge is 0.445 e. The van der Waals surface area contributed by atoms with E-state index in [9.17, 15) is 14.4 Å². The third-order valence-electron chi connectivity index (χ3n) is 4.08. The van der Waals surface area contributed by atoms with Gasteiger partial charge in [0.15, 0.2) is 5.78 Å². The fourth-order valence-electron chi connectivity index (χ4n) is 2.48. The summed E-state index contributed by atoms with van der Waals surface area (Å²) in [5, 5.41) is 5.28. The number of ether oxygens (including phenoxy) is 1. The maximum Gasteiger partial charge on any atom is 0.408 e. The molecule has 7 heteroatoms. The minimum Gasteiger partial charge on any atom is -0.445 e. The second-order valence-electron chi connectivity index (χ2n) is 6.28. The molecule has 0 radical (unpaired) electrons. The summed E-state index contributed by atoms with van der Waals surface area (Å²) in [6.07, 6.45) is -0.397. The van der Waals surface area contributed by atoms with E-state index in [2.05, 4.69) is 10.6 Å². The predicted molar refractivity (Wildman–Crippen MR) is 115 cm³/mol. The number of alkyl carbamates (subject to hydrolysis) is 1. The van der Waals surface area contributed by atoms with Gasteiger partial charge in [0.2, 0.25) is 5.91 Å². The quantitative estimate of drug-likeness (QED) is 0.415. The van der Waals surface area contributed by atoms with Crippen LogP contribution in [0.3, 0.4) is 0 Å². The third-order valence-corrected chi connectivity index (χ3v) is 4.83. The summed E-state index contributed by atoms with van der Waals surface area (Å²) >= 11 is 1.96. The Bertz CT molecular complexity index is 784. The van der Waals surface area contributed by atoms with Crippen molar-refractivity contribution in [1.82, 2.24) is 10.6 Å². The summed E-state index contributed by atoms with van der Waals surface area (Å²) in [6.45, 7) is 1.74. The number of benzene rings is 2. The Hall–Kier alpha value is -2.42. The first-order valence-electron chi connectivity index (χ1n) is 8.89. The highest BCUT2D eigenvalue weighted by atomic mass is 127. The van der Waals surface area contributed by atoms with Crippen LogP contribution in [0.1, 0.15) is 18.1 Å². The van der Waals surface area contributed by atoms with E-state index in [4.69, 9.17) is 4.74 Å². The first kappa shape index (κ1) is 21.9. The smallest absolute Gasteiger partial charge is 0.408 e. The molecule has 0 saturated carbocycles. The van der Waals surface area contributed by atoms with Crippen LogP contribution < -0.4 is 10.6 Å². The van der Waals surface area contributed by atoms with Gasteiger partial charge >= 0.3 is 6.09 Å². The molecule has 6 nitrogen and oxygen atoms in total. The van der Waals surface area contributed by atoms with E-state index >= 15 is 0 Å². The fourth-order valence-corrected chi connectivity index (χ4v) is 3.14. The van der Waals surface area contributed by atoms with Crippen LogP contribution in [0.4, 0.5) is 4.79 Å². The molecule has 0 aromatic heterocycles. The van der Waals surface area contributed by atoms with Crippen molar-refractivity contribution in [3.05, 3.63) is 71.8 Å². The van der Waals surface area contributed by atoms with E-state index in [0.29, 0.717) is 4.43 Å². The first-order valence-corrected chi connectivity index (χ1v) is 10.4. The molecule has 0 saturated heterocycles. The standard InChI is InChI=1S/C21H23IN2O4/c1-15(19(25)13-22)23-20(26)18(12-16-8-4-2-5-9-16)24-21(27)28-14-17-10-6-3-7-11-17/h2-11,15,18H,12-14H2,1H3,(H,23,26)(H,24,27)/t15-,18-/m0/s1. The Morgan fingerprint density at radius 2 is 1.50 bits per heavy atom. The number of carbonyl (C=O) groups is 3. The Kier molecular flexibility index (Phi) is 8.93. The lowest BCUT2D eigenvalue weighted by molar-refractivity contribution is -0.127. The van der Waals surface area contributed by atoms with Gasteiger partial charge in [-0.2, -0.15) is 0 Å². The van der Waals surface area contributed by atoms with Gasteiger partial charge in [-0.25, -0.2) is 4.79 Å². The van der Waals surface area contributed by atoms with E-state index in [1.54, 1.807) is 6.92 Å². The SMILES string of the molecule is C[C@H](NC(=O)[C@H](Cc1ccccc1)NC(=O)OCc1ccccc1)C(=O)CI. The third kappa shape index (κ3) is 7.30. The first-order chi connectivity index (χ1) is 13.5. The van der Waals surface area contributed by atoms with Crippen molar-refractivity contribution in [2.45, 2.75) is 32.0 Å². The van der Waals surface area contributed by atoms with Gasteiger partial charge < -0.3 is 15.4 Å². The van der Waals surface area contributed by atoms with Crippen molar-refractivity contribution >= 4 is 40.4 Å². The number of hydrogen-bond donors (Lipinski definition) is 2. The zero-order valence-corrected chi connectivity index (χ0v) is 17.7. The number of halogens is 1. The van der Waals surface area contributed by atoms with E-state index in [1.165, 1.54) is 0 Å². The van der Waals surface area contributed by atoms with Gasteiger partial charge in [-0.05, 0) is 18.1 Å². The van der Waals surface area contributed by atoms with E-state index in [1.807, 2.05) is 83.3 Å². The second-order valence-corrected chi connectivity index (χ2v) is 7.04. The lowest BCUT2D eigenvalue weighted by atomic mass is 10.0. The van der Waals surface area contributed by atoms with Crippen molar-refractivity contribution in [2.75, 3.05) is 4.43 Å². The molecule has 2 atom stereocenters. The van der Waals surface area contributed by atoms with Crippen LogP contribution in [0.5, 0.6) is 0 Å². The highest BCUT2D eigenvalue weighted by molar-refractivity contribution is 14.1. The molecule has 28 heavy (non-hydrogen) atoms. The number of carbonyl (C=O) groups excluding carboxylic acids is 3. The molecule has 0 aliphatic heterocycles. The molecule has 2 aromatic carbocycles. The van der Waals surface area contributed by atoms with Gasteiger partial charge in [-0.15, -0.1) is 0 Å². The van der Waals surface area contributed by atoms with Crippen LogP contribution >= 0.6 is 22.6 Å². The number of amides is 2. The van der Waals surface area contributed by atoms with Gasteiger partial charge in [0.05, 0.1) is 10.5 Å². The number of nitrogens with one attached hydrogen (secondary N) is 2. The molecule has 0 heterocycles. The van der Waals surface area contributed by atoms with Crippen molar-refractivity contribution in [1.29, 1.82) is 0 Å². The Balaban J connectivity index is 2.01. The molecular formula is C21H23IN2O4. The molecule has 0 aliphatic rings. The van der Waals surface area contributed by atoms with E-state index in [-0.39, 0.29) is 18.8 Å². The van der Waals surface area contributed by atoms with Crippen molar-refractivity contribution < 1.29 is 19.1 Å². The second kappa shape index (κ2) is 11.4. The van der Waals surface area contributed by atoms with Crippen LogP contribution in [-0.2, 0) is 27.4 Å². The maximum atomic E-state index is 12.7. The molecule has 0 aliphatic carbocycles. The molecule has 2 N–H and O–H groups in total. The maximum absolute atomic E-state index is 12.7. The molecule has 0 fully saturated rings. The van der Waals surface area contributed by atoms with Crippen molar-refractivity contribution in [2.24, 2.45) is 0 Å². The Morgan fingerprint density at radius 1 is 0.929 bits per heavy atom. The average molecular weight is 494 g/mol. The summed E-state index contributed by atoms with van der Waals surface area (Å²) < 4.78 is 5.52. The van der Waals surface area contributed by atoms with Crippen LogP contribution in [0.25, 0.3) is 0 Å². The molecular weight excluding hydrogens is 471 g/mol. The molecule has 0 spiro atoms. The predicted octanol–water partition coefficient (Wildman–Crippen LogP) is 3.03.